The van der Waals surface area contributed by atoms with Crippen molar-refractivity contribution >= 4 is 23.1 Å². The average Bonchev–Trinajstić information content (AvgIpc) is 3.26. The molecule has 0 fully saturated rings. The van der Waals surface area contributed by atoms with Crippen molar-refractivity contribution in [3.63, 3.8) is 0 Å². The number of benzene rings is 1. The zero-order chi connectivity index (χ0) is 18.7. The van der Waals surface area contributed by atoms with Crippen molar-refractivity contribution in [2.24, 2.45) is 0 Å². The van der Waals surface area contributed by atoms with Crippen LogP contribution in [0.2, 0.25) is 0 Å². The van der Waals surface area contributed by atoms with Gasteiger partial charge in [0.2, 0.25) is 0 Å². The quantitative estimate of drug-likeness (QED) is 0.357. The van der Waals surface area contributed by atoms with Gasteiger partial charge in [-0.05, 0) is 19.1 Å². The van der Waals surface area contributed by atoms with Crippen molar-refractivity contribution in [3.8, 4) is 11.4 Å². The molecule has 0 aliphatic carbocycles. The van der Waals surface area contributed by atoms with Gasteiger partial charge in [-0.15, -0.1) is 10.2 Å². The number of rotatable bonds is 7. The van der Waals surface area contributed by atoms with Crippen LogP contribution in [0.25, 0.3) is 11.4 Å². The number of nitrogens with zero attached hydrogens (tertiary/aromatic N) is 7. The van der Waals surface area contributed by atoms with Crippen LogP contribution in [0.5, 0.6) is 0 Å². The molecule has 0 unspecified atom stereocenters. The van der Waals surface area contributed by atoms with Crippen molar-refractivity contribution in [3.05, 3.63) is 46.8 Å². The van der Waals surface area contributed by atoms with Gasteiger partial charge in [0, 0.05) is 31.9 Å². The molecule has 0 bridgehead atoms. The van der Waals surface area contributed by atoms with E-state index in [0.717, 1.165) is 28.8 Å². The number of hydrogen-bond donors (Lipinski definition) is 0. The second kappa shape index (κ2) is 7.56. The minimum Gasteiger partial charge on any atom is -0.378 e. The maximum Gasteiger partial charge on any atom is 0.307 e. The first-order valence-corrected chi connectivity index (χ1v) is 8.98. The van der Waals surface area contributed by atoms with Gasteiger partial charge < -0.3 is 9.47 Å². The summed E-state index contributed by atoms with van der Waals surface area (Å²) in [5.41, 5.74) is 2.06. The first-order valence-electron chi connectivity index (χ1n) is 8.00. The van der Waals surface area contributed by atoms with E-state index < -0.39 is 4.92 Å². The molecule has 0 amide bonds. The highest BCUT2D eigenvalue weighted by Gasteiger charge is 2.15. The first kappa shape index (κ1) is 17.9. The lowest BCUT2D eigenvalue weighted by atomic mass is 10.2. The molecule has 9 nitrogen and oxygen atoms in total. The minimum absolute atomic E-state index is 0.0243. The van der Waals surface area contributed by atoms with Crippen molar-refractivity contribution in [1.29, 1.82) is 0 Å². The summed E-state index contributed by atoms with van der Waals surface area (Å²) in [5, 5.41) is 24.1. The van der Waals surface area contributed by atoms with Gasteiger partial charge in [-0.3, -0.25) is 14.8 Å². The predicted molar refractivity (Wildman–Crippen MR) is 100 cm³/mol. The van der Waals surface area contributed by atoms with Gasteiger partial charge >= 0.3 is 5.69 Å². The summed E-state index contributed by atoms with van der Waals surface area (Å²) in [6.07, 6.45) is 2.64. The van der Waals surface area contributed by atoms with E-state index in [1.54, 1.807) is 0 Å². The zero-order valence-electron chi connectivity index (χ0n) is 14.7. The molecule has 136 valence electrons. The molecule has 2 aromatic heterocycles. The molecule has 0 N–H and O–H groups in total. The fourth-order valence-corrected chi connectivity index (χ4v) is 3.32. The Morgan fingerprint density at radius 1 is 1.31 bits per heavy atom. The summed E-state index contributed by atoms with van der Waals surface area (Å²) in [4.78, 5) is 12.3. The van der Waals surface area contributed by atoms with Gasteiger partial charge in [0.1, 0.15) is 12.4 Å². The predicted octanol–water partition coefficient (Wildman–Crippen LogP) is 2.89. The van der Waals surface area contributed by atoms with E-state index in [1.807, 2.05) is 48.7 Å². The maximum atomic E-state index is 10.7. The highest BCUT2D eigenvalue weighted by Crippen LogP contribution is 2.27. The fraction of sp³-hybridized carbons (Fsp3) is 0.312. The number of thioether (sulfide) groups is 1. The molecule has 0 saturated carbocycles. The van der Waals surface area contributed by atoms with Crippen LogP contribution in [0.15, 0.2) is 41.8 Å². The molecule has 0 aliphatic rings. The number of nitro groups is 1. The molecule has 0 radical (unpaired) electrons. The summed E-state index contributed by atoms with van der Waals surface area (Å²) in [6, 6.07) is 8.11. The smallest absolute Gasteiger partial charge is 0.307 e. The Morgan fingerprint density at radius 2 is 2.12 bits per heavy atom. The molecule has 26 heavy (non-hydrogen) atoms. The number of hydrogen-bond acceptors (Lipinski definition) is 7. The van der Waals surface area contributed by atoms with E-state index in [2.05, 4.69) is 21.4 Å². The summed E-state index contributed by atoms with van der Waals surface area (Å²) in [6.45, 7) is 2.75. The Balaban J connectivity index is 1.81. The molecular weight excluding hydrogens is 354 g/mol. The number of anilines is 1. The van der Waals surface area contributed by atoms with Gasteiger partial charge in [0.15, 0.2) is 11.0 Å². The number of aromatic nitrogens is 5. The molecule has 0 saturated heterocycles. The van der Waals surface area contributed by atoms with Crippen LogP contribution in [0, 0.1) is 10.1 Å². The van der Waals surface area contributed by atoms with Gasteiger partial charge in [0.05, 0.1) is 10.8 Å². The normalized spacial score (nSPS) is 10.9. The highest BCUT2D eigenvalue weighted by molar-refractivity contribution is 7.98. The van der Waals surface area contributed by atoms with Crippen molar-refractivity contribution in [1.82, 2.24) is 24.5 Å². The van der Waals surface area contributed by atoms with Gasteiger partial charge in [-0.1, -0.05) is 23.9 Å². The van der Waals surface area contributed by atoms with E-state index in [0.29, 0.717) is 5.88 Å². The van der Waals surface area contributed by atoms with E-state index in [-0.39, 0.29) is 5.69 Å². The van der Waals surface area contributed by atoms with Crippen molar-refractivity contribution < 1.29 is 4.92 Å². The molecule has 0 aliphatic heterocycles. The standard InChI is InChI=1S/C16H19N7O2S/c1-4-22-15(12-6-5-7-13(8-12)20(2)3)18-19-16(22)26-11-21-10-14(9-17-21)23(24)25/h5-10H,4,11H2,1-3H3. The van der Waals surface area contributed by atoms with Gasteiger partial charge in [-0.2, -0.15) is 5.10 Å². The molecular formula is C16H19N7O2S. The third kappa shape index (κ3) is 3.69. The van der Waals surface area contributed by atoms with Crippen molar-refractivity contribution in [2.45, 2.75) is 24.5 Å². The van der Waals surface area contributed by atoms with Crippen LogP contribution in [-0.4, -0.2) is 43.6 Å². The van der Waals surface area contributed by atoms with Crippen LogP contribution in [0.4, 0.5) is 11.4 Å². The lowest BCUT2D eigenvalue weighted by Crippen LogP contribution is -2.08. The van der Waals surface area contributed by atoms with Gasteiger partial charge in [0.25, 0.3) is 0 Å². The minimum atomic E-state index is -0.460. The molecule has 2 heterocycles. The van der Waals surface area contributed by atoms with E-state index in [9.17, 15) is 10.1 Å². The van der Waals surface area contributed by atoms with Crippen LogP contribution in [0.1, 0.15) is 6.92 Å². The Kier molecular flexibility index (Phi) is 5.21. The molecule has 0 atom stereocenters. The Hall–Kier alpha value is -2.88. The van der Waals surface area contributed by atoms with E-state index in [1.165, 1.54) is 28.8 Å². The lowest BCUT2D eigenvalue weighted by Gasteiger charge is -2.14. The van der Waals surface area contributed by atoms with E-state index in [4.69, 9.17) is 0 Å². The second-order valence-electron chi connectivity index (χ2n) is 5.76. The summed E-state index contributed by atoms with van der Waals surface area (Å²) in [7, 11) is 3.99. The summed E-state index contributed by atoms with van der Waals surface area (Å²) in [5.74, 6) is 1.22. The zero-order valence-corrected chi connectivity index (χ0v) is 15.6. The third-order valence-electron chi connectivity index (χ3n) is 3.81. The fourth-order valence-electron chi connectivity index (χ4n) is 2.46. The molecule has 0 spiro atoms. The van der Waals surface area contributed by atoms with Crippen LogP contribution in [-0.2, 0) is 12.4 Å². The Bertz CT molecular complexity index is 919. The topological polar surface area (TPSA) is 94.9 Å². The van der Waals surface area contributed by atoms with Gasteiger partial charge in [-0.25, -0.2) is 0 Å². The van der Waals surface area contributed by atoms with Crippen LogP contribution in [0.3, 0.4) is 0 Å². The molecule has 1 aromatic carbocycles. The SMILES string of the molecule is CCn1c(SCn2cc([N+](=O)[O-])cn2)nnc1-c1cccc(N(C)C)c1. The van der Waals surface area contributed by atoms with E-state index >= 15 is 0 Å². The largest absolute Gasteiger partial charge is 0.378 e. The molecule has 10 heteroatoms. The monoisotopic (exact) mass is 373 g/mol. The maximum absolute atomic E-state index is 10.7. The lowest BCUT2D eigenvalue weighted by molar-refractivity contribution is -0.385. The van der Waals surface area contributed by atoms with Crippen LogP contribution < -0.4 is 4.90 Å². The summed E-state index contributed by atoms with van der Waals surface area (Å²) >= 11 is 1.43. The van der Waals surface area contributed by atoms with Crippen LogP contribution >= 0.6 is 11.8 Å². The Labute approximate surface area is 154 Å². The Morgan fingerprint density at radius 3 is 2.77 bits per heavy atom. The second-order valence-corrected chi connectivity index (χ2v) is 6.68. The average molecular weight is 373 g/mol. The molecule has 3 aromatic rings. The summed E-state index contributed by atoms with van der Waals surface area (Å²) < 4.78 is 3.54. The van der Waals surface area contributed by atoms with Crippen molar-refractivity contribution in [2.75, 3.05) is 19.0 Å². The highest BCUT2D eigenvalue weighted by atomic mass is 32.2. The third-order valence-corrected chi connectivity index (χ3v) is 4.76. The first-order chi connectivity index (χ1) is 12.5. The molecule has 3 rings (SSSR count).